The van der Waals surface area contributed by atoms with Gasteiger partial charge in [-0.3, -0.25) is 0 Å². The maximum Gasteiger partial charge on any atom is 3.00 e. The van der Waals surface area contributed by atoms with E-state index >= 15 is 0 Å². The fourth-order valence-electron chi connectivity index (χ4n) is 0. The van der Waals surface area contributed by atoms with Gasteiger partial charge in [0.1, 0.15) is 0 Å². The van der Waals surface area contributed by atoms with Gasteiger partial charge in [-0.05, 0) is 0 Å². The standard InChI is InChI=1S/C2N2.2Al.3O/c3-1-2-4;;;;;/q;2*+3;3*-2. The Morgan fingerprint density at radius 3 is 0.778 bits per heavy atom. The molecule has 0 atom stereocenters. The molecule has 0 saturated carbocycles. The van der Waals surface area contributed by atoms with Gasteiger partial charge in [0, 0.05) is 0 Å². The first kappa shape index (κ1) is 65.5. The number of rotatable bonds is 0. The Hall–Kier alpha value is -0.0751. The second-order valence-corrected chi connectivity index (χ2v) is 0.224. The molecular formula is C2Al2N2O3. The third-order valence-electron chi connectivity index (χ3n) is 0.0500. The summed E-state index contributed by atoms with van der Waals surface area (Å²) in [4.78, 5) is 0. The van der Waals surface area contributed by atoms with Gasteiger partial charge in [-0.2, -0.15) is 10.5 Å². The second-order valence-electron chi connectivity index (χ2n) is 0.224. The van der Waals surface area contributed by atoms with Crippen molar-refractivity contribution in [2.75, 3.05) is 0 Å². The molecule has 0 radical (unpaired) electrons. The Labute approximate surface area is 74.1 Å². The minimum absolute atomic E-state index is 0. The molecule has 0 aliphatic carbocycles. The number of nitrogens with zero attached hydrogens (tertiary/aromatic N) is 2. The zero-order chi connectivity index (χ0) is 3.41. The van der Waals surface area contributed by atoms with Crippen LogP contribution in [0.1, 0.15) is 0 Å². The van der Waals surface area contributed by atoms with Crippen molar-refractivity contribution in [1.82, 2.24) is 0 Å². The van der Waals surface area contributed by atoms with Crippen LogP contribution in [-0.2, 0) is 16.4 Å². The molecule has 0 aromatic heterocycles. The van der Waals surface area contributed by atoms with E-state index in [0.717, 1.165) is 0 Å². The monoisotopic (exact) mass is 154 g/mol. The van der Waals surface area contributed by atoms with E-state index in [2.05, 4.69) is 0 Å². The van der Waals surface area contributed by atoms with Crippen molar-refractivity contribution in [2.24, 2.45) is 0 Å². The summed E-state index contributed by atoms with van der Waals surface area (Å²) < 4.78 is 0. The van der Waals surface area contributed by atoms with Crippen LogP contribution in [0.5, 0.6) is 0 Å². The molecule has 0 aromatic carbocycles. The van der Waals surface area contributed by atoms with E-state index in [-0.39, 0.29) is 51.2 Å². The van der Waals surface area contributed by atoms with Crippen molar-refractivity contribution < 1.29 is 16.4 Å². The Morgan fingerprint density at radius 1 is 0.667 bits per heavy atom. The largest absolute Gasteiger partial charge is 3.00 e. The molecule has 0 unspecified atom stereocenters. The van der Waals surface area contributed by atoms with Gasteiger partial charge in [-0.25, -0.2) is 0 Å². The normalized spacial score (nSPS) is 1.11. The zero-order valence-electron chi connectivity index (χ0n) is 4.27. The number of hydrogen-bond acceptors (Lipinski definition) is 2. The first-order valence-electron chi connectivity index (χ1n) is 0.697. The zero-order valence-corrected chi connectivity index (χ0v) is 6.58. The second kappa shape index (κ2) is 103. The van der Waals surface area contributed by atoms with Gasteiger partial charge in [0.25, 0.3) is 0 Å². The van der Waals surface area contributed by atoms with Crippen molar-refractivity contribution in [3.05, 3.63) is 0 Å². The molecule has 5 nitrogen and oxygen atoms in total. The quantitative estimate of drug-likeness (QED) is 0.410. The fraction of sp³-hybridized carbons (Fsp3) is 0. The summed E-state index contributed by atoms with van der Waals surface area (Å²) in [5, 5.41) is 14.5. The fourth-order valence-corrected chi connectivity index (χ4v) is 0. The summed E-state index contributed by atoms with van der Waals surface area (Å²) in [5.74, 6) is 0. The van der Waals surface area contributed by atoms with E-state index in [1.54, 1.807) is 0 Å². The molecule has 0 aliphatic heterocycles. The topological polar surface area (TPSA) is 133 Å². The smallest absolute Gasteiger partial charge is 2.00 e. The predicted octanol–water partition coefficient (Wildman–Crippen LogP) is -1.08. The third kappa shape index (κ3) is 325. The summed E-state index contributed by atoms with van der Waals surface area (Å²) in [6.45, 7) is 0. The number of hydrogen-bond donors (Lipinski definition) is 0. The predicted molar refractivity (Wildman–Crippen MR) is 24.8 cm³/mol. The van der Waals surface area contributed by atoms with Crippen molar-refractivity contribution in [2.45, 2.75) is 0 Å². The van der Waals surface area contributed by atoms with Crippen molar-refractivity contribution in [1.29, 1.82) is 10.5 Å². The van der Waals surface area contributed by atoms with Crippen molar-refractivity contribution >= 4 is 34.7 Å². The van der Waals surface area contributed by atoms with Crippen LogP contribution in [0, 0.1) is 22.7 Å². The summed E-state index contributed by atoms with van der Waals surface area (Å²) >= 11 is 0. The molecule has 0 N–H and O–H groups in total. The van der Waals surface area contributed by atoms with E-state index in [4.69, 9.17) is 10.5 Å². The minimum Gasteiger partial charge on any atom is -2.00 e. The minimum atomic E-state index is 0. The molecule has 0 amide bonds. The molecule has 0 heterocycles. The van der Waals surface area contributed by atoms with E-state index < -0.39 is 0 Å². The van der Waals surface area contributed by atoms with Gasteiger partial charge in [-0.15, -0.1) is 0 Å². The maximum atomic E-state index is 7.26. The first-order valence-corrected chi connectivity index (χ1v) is 0.697. The van der Waals surface area contributed by atoms with Gasteiger partial charge in [0.05, 0.1) is 0 Å². The van der Waals surface area contributed by atoms with Crippen LogP contribution >= 0.6 is 0 Å². The van der Waals surface area contributed by atoms with Gasteiger partial charge >= 0.3 is 34.7 Å². The van der Waals surface area contributed by atoms with Gasteiger partial charge in [0.2, 0.25) is 0 Å². The van der Waals surface area contributed by atoms with Crippen LogP contribution in [-0.4, -0.2) is 34.7 Å². The molecule has 0 rings (SSSR count). The first-order chi connectivity index (χ1) is 1.91. The molecule has 0 aliphatic rings. The van der Waals surface area contributed by atoms with Crippen LogP contribution < -0.4 is 0 Å². The summed E-state index contributed by atoms with van der Waals surface area (Å²) in [5.41, 5.74) is 0. The summed E-state index contributed by atoms with van der Waals surface area (Å²) in [6.07, 6.45) is 0. The SMILES string of the molecule is N#CC#N.[Al+3].[Al+3].[O-2].[O-2].[O-2]. The molecule has 0 saturated heterocycles. The molecule has 0 aromatic rings. The van der Waals surface area contributed by atoms with E-state index in [1.165, 1.54) is 12.1 Å². The van der Waals surface area contributed by atoms with Gasteiger partial charge in [-0.1, -0.05) is 0 Å². The van der Waals surface area contributed by atoms with Crippen LogP contribution in [0.25, 0.3) is 0 Å². The van der Waals surface area contributed by atoms with Crippen LogP contribution in [0.15, 0.2) is 0 Å². The van der Waals surface area contributed by atoms with Gasteiger partial charge < -0.3 is 16.4 Å². The molecule has 9 heavy (non-hydrogen) atoms. The molecule has 7 heteroatoms. The van der Waals surface area contributed by atoms with Crippen LogP contribution in [0.4, 0.5) is 0 Å². The van der Waals surface area contributed by atoms with Crippen LogP contribution in [0.3, 0.4) is 0 Å². The molecule has 0 spiro atoms. The Morgan fingerprint density at radius 2 is 0.778 bits per heavy atom. The molecule has 0 bridgehead atoms. The Kier molecular flexibility index (Phi) is 747. The third-order valence-corrected chi connectivity index (χ3v) is 0.0500. The van der Waals surface area contributed by atoms with E-state index in [9.17, 15) is 0 Å². The molecular weight excluding hydrogens is 154 g/mol. The Bertz CT molecular complexity index is 72.8. The average Bonchev–Trinajstić information content (AvgIpc) is 1.37. The molecule has 42 valence electrons. The van der Waals surface area contributed by atoms with Gasteiger partial charge in [0.15, 0.2) is 12.1 Å². The molecule has 0 fully saturated rings. The average molecular weight is 154 g/mol. The number of nitriles is 2. The van der Waals surface area contributed by atoms with E-state index in [1.807, 2.05) is 0 Å². The summed E-state index contributed by atoms with van der Waals surface area (Å²) in [7, 11) is 0. The maximum absolute atomic E-state index is 7.26. The summed E-state index contributed by atoms with van der Waals surface area (Å²) in [6, 6.07) is 2.47. The van der Waals surface area contributed by atoms with Crippen LogP contribution in [0.2, 0.25) is 0 Å². The van der Waals surface area contributed by atoms with E-state index in [0.29, 0.717) is 0 Å². The van der Waals surface area contributed by atoms with Crippen molar-refractivity contribution in [3.63, 3.8) is 0 Å². The van der Waals surface area contributed by atoms with Crippen molar-refractivity contribution in [3.8, 4) is 12.1 Å². The Balaban J connectivity index is -0.00000000450.